The van der Waals surface area contributed by atoms with Crippen LogP contribution in [0.15, 0.2) is 35.4 Å². The molecule has 1 saturated heterocycles. The second-order valence-corrected chi connectivity index (χ2v) is 10.8. The van der Waals surface area contributed by atoms with Gasteiger partial charge in [0.2, 0.25) is 5.91 Å². The molecule has 8 nitrogen and oxygen atoms in total. The van der Waals surface area contributed by atoms with Crippen molar-refractivity contribution < 1.29 is 22.7 Å². The molecule has 2 aliphatic rings. The number of nitrogens with zero attached hydrogens (tertiary/aromatic N) is 2. The van der Waals surface area contributed by atoms with Crippen LogP contribution in [-0.4, -0.2) is 48.6 Å². The fourth-order valence-electron chi connectivity index (χ4n) is 3.61. The van der Waals surface area contributed by atoms with Crippen molar-refractivity contribution in [1.29, 1.82) is 0 Å². The van der Waals surface area contributed by atoms with Gasteiger partial charge < -0.3 is 9.64 Å². The number of sulfone groups is 1. The minimum atomic E-state index is -3.48. The summed E-state index contributed by atoms with van der Waals surface area (Å²) < 4.78 is 31.5. The van der Waals surface area contributed by atoms with Gasteiger partial charge in [-0.3, -0.25) is 10.1 Å². The normalized spacial score (nSPS) is 17.5. The van der Waals surface area contributed by atoms with E-state index in [0.29, 0.717) is 10.8 Å². The third-order valence-corrected chi connectivity index (χ3v) is 7.93. The molecule has 160 valence electrons. The molecule has 0 bridgehead atoms. The van der Waals surface area contributed by atoms with E-state index in [4.69, 9.17) is 4.74 Å². The van der Waals surface area contributed by atoms with E-state index in [9.17, 15) is 18.0 Å². The van der Waals surface area contributed by atoms with Crippen LogP contribution in [0.1, 0.15) is 35.6 Å². The van der Waals surface area contributed by atoms with E-state index in [0.717, 1.165) is 30.6 Å². The Kier molecular flexibility index (Phi) is 6.05. The number of aromatic nitrogens is 1. The van der Waals surface area contributed by atoms with Crippen molar-refractivity contribution in [3.8, 4) is 5.75 Å². The van der Waals surface area contributed by atoms with Crippen molar-refractivity contribution in [2.75, 3.05) is 12.3 Å². The Morgan fingerprint density at radius 2 is 2.03 bits per heavy atom. The maximum absolute atomic E-state index is 12.8. The molecule has 1 aromatic heterocycles. The number of thiazole rings is 1. The zero-order chi connectivity index (χ0) is 21.1. The van der Waals surface area contributed by atoms with Crippen LogP contribution >= 0.6 is 11.3 Å². The molecule has 4 rings (SSSR count). The second-order valence-electron chi connectivity index (χ2n) is 7.50. The summed E-state index contributed by atoms with van der Waals surface area (Å²) in [6.07, 6.45) is 6.40. The number of urea groups is 1. The number of rotatable bonds is 8. The van der Waals surface area contributed by atoms with Gasteiger partial charge in [-0.25, -0.2) is 18.2 Å². The lowest BCUT2D eigenvalue weighted by atomic mass is 10.3. The van der Waals surface area contributed by atoms with E-state index < -0.39 is 15.9 Å². The van der Waals surface area contributed by atoms with Gasteiger partial charge in [0.15, 0.2) is 9.84 Å². The van der Waals surface area contributed by atoms with Gasteiger partial charge in [-0.15, -0.1) is 11.3 Å². The van der Waals surface area contributed by atoms with Crippen molar-refractivity contribution >= 4 is 33.1 Å². The van der Waals surface area contributed by atoms with Crippen molar-refractivity contribution in [3.63, 3.8) is 0 Å². The maximum Gasteiger partial charge on any atom is 0.324 e. The average molecular weight is 450 g/mol. The van der Waals surface area contributed by atoms with Gasteiger partial charge in [0, 0.05) is 17.5 Å². The highest BCUT2D eigenvalue weighted by Gasteiger charge is 2.27. The molecule has 2 fully saturated rings. The quantitative estimate of drug-likeness (QED) is 0.621. The molecule has 1 N–H and O–H groups in total. The Labute approximate surface area is 179 Å². The van der Waals surface area contributed by atoms with Crippen LogP contribution in [-0.2, 0) is 27.6 Å². The summed E-state index contributed by atoms with van der Waals surface area (Å²) in [7, 11) is -3.48. The number of carbonyl (C=O) groups excluding carboxylic acids is 2. The summed E-state index contributed by atoms with van der Waals surface area (Å²) >= 11 is 1.35. The standard InChI is InChI=1S/C20H23N3O5S2/c24-18-13-23(20(25)22-18)12-16-11-21-19(29-16)8-9-30(26,27)17-7-3-6-15(10-17)28-14-4-1-2-5-14/h3,6-7,10-11,14H,1-2,4-5,8-9,12-13H2,(H,22,24,25). The first-order valence-corrected chi connectivity index (χ1v) is 12.4. The third kappa shape index (κ3) is 4.99. The van der Waals surface area contributed by atoms with Gasteiger partial charge in [0.05, 0.1) is 28.3 Å². The van der Waals surface area contributed by atoms with E-state index in [1.54, 1.807) is 30.5 Å². The Balaban J connectivity index is 1.35. The van der Waals surface area contributed by atoms with Crippen LogP contribution in [0.2, 0.25) is 0 Å². The lowest BCUT2D eigenvalue weighted by Gasteiger charge is -2.14. The molecule has 0 unspecified atom stereocenters. The Morgan fingerprint density at radius 1 is 1.23 bits per heavy atom. The van der Waals surface area contributed by atoms with E-state index in [-0.39, 0.29) is 42.2 Å². The lowest BCUT2D eigenvalue weighted by Crippen LogP contribution is -2.27. The van der Waals surface area contributed by atoms with Gasteiger partial charge in [-0.05, 0) is 43.9 Å². The molecule has 2 aromatic rings. The predicted octanol–water partition coefficient (Wildman–Crippen LogP) is 2.53. The van der Waals surface area contributed by atoms with Crippen LogP contribution < -0.4 is 10.1 Å². The minimum Gasteiger partial charge on any atom is -0.490 e. The average Bonchev–Trinajstić information content (AvgIpc) is 3.44. The highest BCUT2D eigenvalue weighted by Crippen LogP contribution is 2.26. The number of amides is 3. The van der Waals surface area contributed by atoms with Gasteiger partial charge in [0.1, 0.15) is 12.3 Å². The SMILES string of the molecule is O=C1CN(Cc2cnc(CCS(=O)(=O)c3cccc(OC4CCCC4)c3)s2)C(=O)N1. The summed E-state index contributed by atoms with van der Waals surface area (Å²) in [5.41, 5.74) is 0. The fraction of sp³-hybridized carbons (Fsp3) is 0.450. The number of imide groups is 1. The number of hydrogen-bond donors (Lipinski definition) is 1. The summed E-state index contributed by atoms with van der Waals surface area (Å²) in [4.78, 5) is 29.6. The summed E-state index contributed by atoms with van der Waals surface area (Å²) in [6.45, 7) is 0.308. The van der Waals surface area contributed by atoms with Gasteiger partial charge in [-0.2, -0.15) is 0 Å². The van der Waals surface area contributed by atoms with Crippen molar-refractivity contribution in [2.24, 2.45) is 0 Å². The molecule has 2 heterocycles. The first-order chi connectivity index (χ1) is 14.4. The largest absolute Gasteiger partial charge is 0.490 e. The maximum atomic E-state index is 12.8. The molecule has 0 radical (unpaired) electrons. The van der Waals surface area contributed by atoms with E-state index >= 15 is 0 Å². The predicted molar refractivity (Wildman–Crippen MR) is 111 cm³/mol. The van der Waals surface area contributed by atoms with Gasteiger partial charge >= 0.3 is 6.03 Å². The topological polar surface area (TPSA) is 106 Å². The molecule has 1 aromatic carbocycles. The Hall–Kier alpha value is -2.46. The van der Waals surface area contributed by atoms with E-state index in [1.807, 2.05) is 0 Å². The summed E-state index contributed by atoms with van der Waals surface area (Å²) in [5.74, 6) is 0.211. The van der Waals surface area contributed by atoms with Gasteiger partial charge in [0.25, 0.3) is 0 Å². The third-order valence-electron chi connectivity index (χ3n) is 5.17. The molecule has 1 aliphatic heterocycles. The number of nitrogens with one attached hydrogen (secondary N) is 1. The highest BCUT2D eigenvalue weighted by atomic mass is 32.2. The van der Waals surface area contributed by atoms with E-state index in [1.165, 1.54) is 16.2 Å². The molecular weight excluding hydrogens is 426 g/mol. The smallest absolute Gasteiger partial charge is 0.324 e. The number of hydrogen-bond acceptors (Lipinski definition) is 7. The fourth-order valence-corrected chi connectivity index (χ4v) is 5.96. The summed E-state index contributed by atoms with van der Waals surface area (Å²) in [6, 6.07) is 6.28. The highest BCUT2D eigenvalue weighted by molar-refractivity contribution is 7.91. The molecule has 1 aliphatic carbocycles. The van der Waals surface area contributed by atoms with E-state index in [2.05, 4.69) is 10.3 Å². The van der Waals surface area contributed by atoms with Crippen LogP contribution in [0.3, 0.4) is 0 Å². The number of ether oxygens (including phenoxy) is 1. The molecular formula is C20H23N3O5S2. The van der Waals surface area contributed by atoms with Crippen LogP contribution in [0.25, 0.3) is 0 Å². The van der Waals surface area contributed by atoms with Crippen molar-refractivity contribution in [3.05, 3.63) is 40.3 Å². The first-order valence-electron chi connectivity index (χ1n) is 9.91. The molecule has 0 spiro atoms. The van der Waals surface area contributed by atoms with Crippen LogP contribution in [0.4, 0.5) is 4.79 Å². The zero-order valence-corrected chi connectivity index (χ0v) is 18.0. The molecule has 10 heteroatoms. The molecule has 30 heavy (non-hydrogen) atoms. The second kappa shape index (κ2) is 8.73. The van der Waals surface area contributed by atoms with Crippen molar-refractivity contribution in [1.82, 2.24) is 15.2 Å². The Morgan fingerprint density at radius 3 is 2.77 bits per heavy atom. The minimum absolute atomic E-state index is 0.0275. The first kappa shape index (κ1) is 20.8. The van der Waals surface area contributed by atoms with Crippen LogP contribution in [0.5, 0.6) is 5.75 Å². The summed E-state index contributed by atoms with van der Waals surface area (Å²) in [5, 5.41) is 2.91. The number of benzene rings is 1. The molecule has 0 atom stereocenters. The molecule has 1 saturated carbocycles. The Bertz CT molecular complexity index is 1040. The van der Waals surface area contributed by atoms with Crippen molar-refractivity contribution in [2.45, 2.75) is 49.6 Å². The number of aryl methyl sites for hydroxylation is 1. The zero-order valence-electron chi connectivity index (χ0n) is 16.4. The molecule has 3 amide bonds. The lowest BCUT2D eigenvalue weighted by molar-refractivity contribution is -0.118. The number of carbonyl (C=O) groups is 2. The van der Waals surface area contributed by atoms with Crippen LogP contribution in [0, 0.1) is 0 Å². The van der Waals surface area contributed by atoms with Gasteiger partial charge in [-0.1, -0.05) is 6.07 Å². The monoisotopic (exact) mass is 449 g/mol.